The number of fused-ring (bicyclic) bond motifs is 6. The third kappa shape index (κ3) is 2.69. The van der Waals surface area contributed by atoms with Crippen molar-refractivity contribution in [3.05, 3.63) is 35.8 Å². The lowest BCUT2D eigenvalue weighted by Crippen LogP contribution is -2.72. The van der Waals surface area contributed by atoms with Gasteiger partial charge in [-0.25, -0.2) is 4.79 Å². The molecule has 2 heterocycles. The summed E-state index contributed by atoms with van der Waals surface area (Å²) in [5.74, 6) is -4.79. The minimum absolute atomic E-state index is 0.110. The van der Waals surface area contributed by atoms with Crippen LogP contribution in [0.15, 0.2) is 34.7 Å². The fraction of sp³-hybridized carbons (Fsp3) is 0.615. The second-order valence-corrected chi connectivity index (χ2v) is 11.5. The number of carbonyl (C=O) groups excluding carboxylic acids is 3. The van der Waals surface area contributed by atoms with Crippen LogP contribution in [0.25, 0.3) is 0 Å². The molecule has 0 spiro atoms. The Bertz CT molecular complexity index is 1130. The first-order chi connectivity index (χ1) is 15.8. The Morgan fingerprint density at radius 1 is 1.15 bits per heavy atom. The molecule has 4 unspecified atom stereocenters. The first-order valence-electron chi connectivity index (χ1n) is 11.8. The number of carboxylic acid groups (broad SMARTS) is 1. The Labute approximate surface area is 197 Å². The van der Waals surface area contributed by atoms with Crippen molar-refractivity contribution in [3.63, 3.8) is 0 Å². The topological polar surface area (TPSA) is 131 Å². The Kier molecular flexibility index (Phi) is 4.67. The Hall–Kier alpha value is -2.74. The number of hydrogen-bond acceptors (Lipinski definition) is 7. The SMILES string of the molecule is CC1(C)C(=O)C2C[C@]3(O)C4=CC(=O)OC(c5ccoc5)[C@]4(C)CCC3[C@](C)(C2=O)C1CC(=O)O. The minimum Gasteiger partial charge on any atom is -0.481 e. The summed E-state index contributed by atoms with van der Waals surface area (Å²) < 4.78 is 10.9. The summed E-state index contributed by atoms with van der Waals surface area (Å²) in [7, 11) is 0. The number of rotatable bonds is 3. The predicted molar refractivity (Wildman–Crippen MR) is 117 cm³/mol. The van der Waals surface area contributed by atoms with E-state index in [-0.39, 0.29) is 24.4 Å². The number of esters is 1. The number of Topliss-reactive ketones (excluding diaryl/α,β-unsaturated/α-hetero) is 2. The highest BCUT2D eigenvalue weighted by molar-refractivity contribution is 6.11. The normalized spacial score (nSPS) is 42.9. The van der Waals surface area contributed by atoms with Crippen LogP contribution >= 0.6 is 0 Å². The molecule has 7 atom stereocenters. The first-order valence-corrected chi connectivity index (χ1v) is 11.8. The number of hydrogen-bond donors (Lipinski definition) is 2. The van der Waals surface area contributed by atoms with Gasteiger partial charge in [-0.1, -0.05) is 27.7 Å². The molecule has 3 aliphatic carbocycles. The van der Waals surface area contributed by atoms with Gasteiger partial charge in [-0.05, 0) is 36.8 Å². The number of aliphatic hydroxyl groups is 1. The summed E-state index contributed by atoms with van der Waals surface area (Å²) in [6.07, 6.45) is 4.11. The van der Waals surface area contributed by atoms with Crippen LogP contribution in [-0.4, -0.2) is 39.3 Å². The standard InChI is InChI=1S/C26H30O8/c1-23(2)16(9-18(27)28)25(4)15-5-7-24(3)17(26(15,32)11-14(20(23)30)21(25)31)10-19(29)34-22(24)13-6-8-33-12-13/h6,8,10,12,14-16,22,32H,5,7,9,11H2,1-4H3,(H,27,28)/t14?,15?,16?,22?,24-,25+,26-/m1/s1. The van der Waals surface area contributed by atoms with E-state index in [1.165, 1.54) is 18.6 Å². The molecule has 1 aliphatic heterocycles. The molecule has 4 aliphatic rings. The number of aliphatic carboxylic acids is 1. The van der Waals surface area contributed by atoms with Gasteiger partial charge < -0.3 is 19.4 Å². The molecule has 2 bridgehead atoms. The molecule has 0 aromatic carbocycles. The number of ketones is 2. The van der Waals surface area contributed by atoms with E-state index in [9.17, 15) is 29.4 Å². The molecule has 1 aromatic heterocycles. The Balaban J connectivity index is 1.69. The maximum absolute atomic E-state index is 13.7. The smallest absolute Gasteiger partial charge is 0.331 e. The quantitative estimate of drug-likeness (QED) is 0.508. The maximum atomic E-state index is 13.7. The second kappa shape index (κ2) is 6.90. The van der Waals surface area contributed by atoms with Gasteiger partial charge in [0.1, 0.15) is 17.7 Å². The molecule has 0 amide bonds. The van der Waals surface area contributed by atoms with Gasteiger partial charge >= 0.3 is 11.9 Å². The predicted octanol–water partition coefficient (Wildman–Crippen LogP) is 3.25. The van der Waals surface area contributed by atoms with Gasteiger partial charge in [0.05, 0.1) is 30.5 Å². The van der Waals surface area contributed by atoms with Gasteiger partial charge in [-0.3, -0.25) is 14.4 Å². The first kappa shape index (κ1) is 23.0. The van der Waals surface area contributed by atoms with E-state index in [0.29, 0.717) is 24.0 Å². The third-order valence-electron chi connectivity index (χ3n) is 9.54. The Morgan fingerprint density at radius 2 is 1.85 bits per heavy atom. The van der Waals surface area contributed by atoms with E-state index in [2.05, 4.69) is 0 Å². The number of ether oxygens (including phenoxy) is 1. The lowest BCUT2D eigenvalue weighted by Gasteiger charge is -2.66. The van der Waals surface area contributed by atoms with Gasteiger partial charge in [0, 0.05) is 33.8 Å². The van der Waals surface area contributed by atoms with Crippen LogP contribution in [0.5, 0.6) is 0 Å². The van der Waals surface area contributed by atoms with Crippen LogP contribution in [0.2, 0.25) is 0 Å². The number of furan rings is 1. The van der Waals surface area contributed by atoms with E-state index >= 15 is 0 Å². The van der Waals surface area contributed by atoms with Gasteiger partial charge in [0.15, 0.2) is 0 Å². The highest BCUT2D eigenvalue weighted by atomic mass is 16.5. The van der Waals surface area contributed by atoms with Crippen molar-refractivity contribution in [1.29, 1.82) is 0 Å². The minimum atomic E-state index is -1.62. The maximum Gasteiger partial charge on any atom is 0.331 e. The molecule has 0 radical (unpaired) electrons. The van der Waals surface area contributed by atoms with Gasteiger partial charge in [0.2, 0.25) is 0 Å². The summed E-state index contributed by atoms with van der Waals surface area (Å²) in [4.78, 5) is 51.8. The van der Waals surface area contributed by atoms with Crippen molar-refractivity contribution in [2.45, 2.75) is 65.1 Å². The van der Waals surface area contributed by atoms with Crippen molar-refractivity contribution in [2.24, 2.45) is 34.0 Å². The fourth-order valence-corrected chi connectivity index (χ4v) is 7.96. The number of carboxylic acids is 1. The molecular weight excluding hydrogens is 440 g/mol. The average molecular weight is 471 g/mol. The lowest BCUT2D eigenvalue weighted by molar-refractivity contribution is -0.206. The van der Waals surface area contributed by atoms with Crippen molar-refractivity contribution < 1.29 is 38.5 Å². The van der Waals surface area contributed by atoms with E-state index in [1.54, 1.807) is 26.8 Å². The van der Waals surface area contributed by atoms with Crippen LogP contribution in [0.1, 0.15) is 65.0 Å². The molecule has 5 rings (SSSR count). The van der Waals surface area contributed by atoms with E-state index in [1.807, 2.05) is 6.92 Å². The zero-order valence-electron chi connectivity index (χ0n) is 19.8. The van der Waals surface area contributed by atoms with Crippen LogP contribution in [0, 0.1) is 34.0 Å². The van der Waals surface area contributed by atoms with Crippen LogP contribution in [0.3, 0.4) is 0 Å². The summed E-state index contributed by atoms with van der Waals surface area (Å²) in [5, 5.41) is 22.0. The molecule has 8 nitrogen and oxygen atoms in total. The second-order valence-electron chi connectivity index (χ2n) is 11.5. The van der Waals surface area contributed by atoms with Crippen molar-refractivity contribution in [1.82, 2.24) is 0 Å². The van der Waals surface area contributed by atoms with E-state index < -0.39 is 57.6 Å². The zero-order chi connectivity index (χ0) is 24.8. The molecule has 34 heavy (non-hydrogen) atoms. The zero-order valence-corrected chi connectivity index (χ0v) is 19.8. The highest BCUT2D eigenvalue weighted by Gasteiger charge is 2.73. The van der Waals surface area contributed by atoms with Gasteiger partial charge in [0.25, 0.3) is 0 Å². The largest absolute Gasteiger partial charge is 0.481 e. The summed E-state index contributed by atoms with van der Waals surface area (Å²) in [5.41, 5.74) is -3.53. The Morgan fingerprint density at radius 3 is 2.47 bits per heavy atom. The monoisotopic (exact) mass is 470 g/mol. The molecule has 0 saturated heterocycles. The fourth-order valence-electron chi connectivity index (χ4n) is 7.96. The average Bonchev–Trinajstić information content (AvgIpc) is 3.28. The van der Waals surface area contributed by atoms with Crippen LogP contribution in [-0.2, 0) is 23.9 Å². The molecule has 3 saturated carbocycles. The molecule has 1 aromatic rings. The van der Waals surface area contributed by atoms with Crippen LogP contribution < -0.4 is 0 Å². The van der Waals surface area contributed by atoms with Crippen molar-refractivity contribution >= 4 is 23.5 Å². The van der Waals surface area contributed by atoms with Crippen LogP contribution in [0.4, 0.5) is 0 Å². The lowest BCUT2D eigenvalue weighted by atomic mass is 9.37. The molecule has 3 fully saturated rings. The summed E-state index contributed by atoms with van der Waals surface area (Å²) >= 11 is 0. The number of carbonyl (C=O) groups is 4. The molecule has 182 valence electrons. The highest BCUT2D eigenvalue weighted by Crippen LogP contribution is 2.69. The molecule has 2 N–H and O–H groups in total. The van der Waals surface area contributed by atoms with Crippen molar-refractivity contribution in [3.8, 4) is 0 Å². The van der Waals surface area contributed by atoms with E-state index in [0.717, 1.165) is 0 Å². The van der Waals surface area contributed by atoms with Crippen molar-refractivity contribution in [2.75, 3.05) is 0 Å². The summed E-state index contributed by atoms with van der Waals surface area (Å²) in [6, 6.07) is 1.72. The molecule has 8 heteroatoms. The number of cyclic esters (lactones) is 1. The van der Waals surface area contributed by atoms with E-state index in [4.69, 9.17) is 9.15 Å². The van der Waals surface area contributed by atoms with Gasteiger partial charge in [-0.15, -0.1) is 0 Å². The third-order valence-corrected chi connectivity index (χ3v) is 9.54. The molecular formula is C26H30O8. The van der Waals surface area contributed by atoms with Gasteiger partial charge in [-0.2, -0.15) is 0 Å². The summed E-state index contributed by atoms with van der Waals surface area (Å²) in [6.45, 7) is 7.07.